The van der Waals surface area contributed by atoms with E-state index in [1.54, 1.807) is 4.90 Å². The molecule has 34 heavy (non-hydrogen) atoms. The summed E-state index contributed by atoms with van der Waals surface area (Å²) >= 11 is 0. The molecule has 1 spiro atoms. The number of piperidine rings is 2. The van der Waals surface area contributed by atoms with E-state index in [1.807, 2.05) is 30.3 Å². The molecular formula is C27H35N3O4. The van der Waals surface area contributed by atoms with Crippen molar-refractivity contribution in [3.63, 3.8) is 0 Å². The number of benzene rings is 2. The maximum atomic E-state index is 12.4. The fourth-order valence-corrected chi connectivity index (χ4v) is 5.70. The average Bonchev–Trinajstić information content (AvgIpc) is 3.23. The van der Waals surface area contributed by atoms with Gasteiger partial charge in [-0.2, -0.15) is 0 Å². The first-order chi connectivity index (χ1) is 16.5. The van der Waals surface area contributed by atoms with Gasteiger partial charge in [-0.15, -0.1) is 0 Å². The summed E-state index contributed by atoms with van der Waals surface area (Å²) < 4.78 is 5.42. The van der Waals surface area contributed by atoms with Crippen LogP contribution >= 0.6 is 0 Å². The Balaban J connectivity index is 1.09. The molecule has 182 valence electrons. The Labute approximate surface area is 201 Å². The Hall–Kier alpha value is -2.61. The molecule has 3 aliphatic rings. The first-order valence-electron chi connectivity index (χ1n) is 12.4. The molecule has 1 unspecified atom stereocenters. The number of ether oxygens (including phenoxy) is 1. The maximum Gasteiger partial charge on any atom is 0.410 e. The second-order valence-corrected chi connectivity index (χ2v) is 10.1. The molecule has 1 amide bonds. The van der Waals surface area contributed by atoms with Gasteiger partial charge in [0.25, 0.3) is 0 Å². The van der Waals surface area contributed by atoms with Gasteiger partial charge in [0.05, 0.1) is 11.7 Å². The van der Waals surface area contributed by atoms with Crippen molar-refractivity contribution < 1.29 is 19.7 Å². The van der Waals surface area contributed by atoms with Crippen LogP contribution in [0.15, 0.2) is 54.6 Å². The maximum absolute atomic E-state index is 12.4. The molecule has 7 heteroatoms. The third-order valence-electron chi connectivity index (χ3n) is 8.07. The number of aliphatic hydroxyl groups is 2. The molecule has 2 aromatic carbocycles. The third-order valence-corrected chi connectivity index (χ3v) is 8.07. The summed E-state index contributed by atoms with van der Waals surface area (Å²) in [4.78, 5) is 16.3. The lowest BCUT2D eigenvalue weighted by molar-refractivity contribution is -0.116. The predicted molar refractivity (Wildman–Crippen MR) is 131 cm³/mol. The quantitative estimate of drug-likeness (QED) is 0.630. The highest BCUT2D eigenvalue weighted by atomic mass is 16.6. The van der Waals surface area contributed by atoms with Crippen LogP contribution in [0.3, 0.4) is 0 Å². The standard InChI is InChI=1S/C27H35N3O4/c31-24(18-29-14-10-26(11-15-29)20-28-23-9-5-4-8-22(23)26)27(33)12-16-30(17-13-27)25(32)34-19-21-6-2-1-3-7-21/h1-9,24,28,31,33H,10-20H2. The number of fused-ring (bicyclic) bond motifs is 2. The molecular weight excluding hydrogens is 430 g/mol. The van der Waals surface area contributed by atoms with Crippen LogP contribution in [-0.2, 0) is 16.8 Å². The Morgan fingerprint density at radius 3 is 2.38 bits per heavy atom. The number of nitrogens with zero attached hydrogens (tertiary/aromatic N) is 2. The molecule has 3 aliphatic heterocycles. The van der Waals surface area contributed by atoms with Crippen molar-refractivity contribution in [2.24, 2.45) is 0 Å². The molecule has 7 nitrogen and oxygen atoms in total. The van der Waals surface area contributed by atoms with E-state index in [0.29, 0.717) is 32.5 Å². The number of para-hydroxylation sites is 1. The first kappa shape index (κ1) is 23.1. The monoisotopic (exact) mass is 465 g/mol. The van der Waals surface area contributed by atoms with Crippen molar-refractivity contribution in [2.75, 3.05) is 44.6 Å². The molecule has 1 atom stereocenters. The number of anilines is 1. The molecule has 2 aromatic rings. The van der Waals surface area contributed by atoms with Crippen LogP contribution in [0, 0.1) is 0 Å². The van der Waals surface area contributed by atoms with Crippen molar-refractivity contribution in [2.45, 2.75) is 49.4 Å². The van der Waals surface area contributed by atoms with E-state index in [0.717, 1.165) is 38.0 Å². The van der Waals surface area contributed by atoms with E-state index in [1.165, 1.54) is 11.3 Å². The van der Waals surface area contributed by atoms with Crippen molar-refractivity contribution in [3.05, 3.63) is 65.7 Å². The minimum absolute atomic E-state index is 0.181. The number of amides is 1. The Morgan fingerprint density at radius 2 is 1.65 bits per heavy atom. The van der Waals surface area contributed by atoms with Gasteiger partial charge in [-0.3, -0.25) is 0 Å². The number of β-amino-alcohol motifs (C(OH)–C–C–N with tert-alkyl or cyclic N) is 1. The van der Waals surface area contributed by atoms with Crippen LogP contribution in [-0.4, -0.2) is 77.1 Å². The van der Waals surface area contributed by atoms with E-state index in [2.05, 4.69) is 34.5 Å². The van der Waals surface area contributed by atoms with E-state index < -0.39 is 11.7 Å². The van der Waals surface area contributed by atoms with E-state index in [9.17, 15) is 15.0 Å². The van der Waals surface area contributed by atoms with Gasteiger partial charge in [0, 0.05) is 37.3 Å². The molecule has 3 heterocycles. The number of aliphatic hydroxyl groups excluding tert-OH is 1. The minimum atomic E-state index is -1.17. The molecule has 0 saturated carbocycles. The molecule has 2 fully saturated rings. The molecule has 0 aromatic heterocycles. The van der Waals surface area contributed by atoms with Gasteiger partial charge >= 0.3 is 6.09 Å². The average molecular weight is 466 g/mol. The Morgan fingerprint density at radius 1 is 0.971 bits per heavy atom. The Kier molecular flexibility index (Phi) is 6.51. The van der Waals surface area contributed by atoms with Crippen molar-refractivity contribution in [1.82, 2.24) is 9.80 Å². The van der Waals surface area contributed by atoms with Crippen LogP contribution in [0.25, 0.3) is 0 Å². The summed E-state index contributed by atoms with van der Waals surface area (Å²) in [5.74, 6) is 0. The fraction of sp³-hybridized carbons (Fsp3) is 0.519. The van der Waals surface area contributed by atoms with Gasteiger partial charge in [-0.1, -0.05) is 48.5 Å². The molecule has 3 N–H and O–H groups in total. The van der Waals surface area contributed by atoms with E-state index in [-0.39, 0.29) is 18.1 Å². The number of hydrogen-bond acceptors (Lipinski definition) is 6. The lowest BCUT2D eigenvalue weighted by atomic mass is 9.74. The topological polar surface area (TPSA) is 85.3 Å². The highest BCUT2D eigenvalue weighted by Crippen LogP contribution is 2.44. The largest absolute Gasteiger partial charge is 0.445 e. The first-order valence-corrected chi connectivity index (χ1v) is 12.4. The summed E-state index contributed by atoms with van der Waals surface area (Å²) in [6.07, 6.45) is 1.59. The van der Waals surface area contributed by atoms with Crippen LogP contribution < -0.4 is 5.32 Å². The highest BCUT2D eigenvalue weighted by Gasteiger charge is 2.44. The number of nitrogens with one attached hydrogen (secondary N) is 1. The van der Waals surface area contributed by atoms with Gasteiger partial charge in [0.1, 0.15) is 6.61 Å². The second-order valence-electron chi connectivity index (χ2n) is 10.1. The Bertz CT molecular complexity index is 982. The molecule has 2 saturated heterocycles. The normalized spacial score (nSPS) is 22.1. The second kappa shape index (κ2) is 9.56. The number of carbonyl (C=O) groups is 1. The number of likely N-dealkylation sites (tertiary alicyclic amines) is 2. The molecule has 5 rings (SSSR count). The zero-order valence-electron chi connectivity index (χ0n) is 19.7. The summed E-state index contributed by atoms with van der Waals surface area (Å²) in [6, 6.07) is 18.2. The van der Waals surface area contributed by atoms with Gasteiger partial charge in [-0.05, 0) is 56.0 Å². The van der Waals surface area contributed by atoms with E-state index in [4.69, 9.17) is 4.74 Å². The van der Waals surface area contributed by atoms with Crippen molar-refractivity contribution >= 4 is 11.8 Å². The predicted octanol–water partition coefficient (Wildman–Crippen LogP) is 2.97. The van der Waals surface area contributed by atoms with Crippen molar-refractivity contribution in [3.8, 4) is 0 Å². The van der Waals surface area contributed by atoms with Crippen molar-refractivity contribution in [1.29, 1.82) is 0 Å². The smallest absolute Gasteiger partial charge is 0.410 e. The van der Waals surface area contributed by atoms with E-state index >= 15 is 0 Å². The van der Waals surface area contributed by atoms with Crippen LogP contribution in [0.4, 0.5) is 10.5 Å². The van der Waals surface area contributed by atoms with Crippen LogP contribution in [0.5, 0.6) is 0 Å². The summed E-state index contributed by atoms with van der Waals surface area (Å²) in [5.41, 5.74) is 2.62. The molecule has 0 radical (unpaired) electrons. The third kappa shape index (κ3) is 4.65. The number of hydrogen-bond donors (Lipinski definition) is 3. The molecule has 0 bridgehead atoms. The lowest BCUT2D eigenvalue weighted by Crippen LogP contribution is -2.56. The summed E-state index contributed by atoms with van der Waals surface area (Å²) in [6.45, 7) is 4.24. The fourth-order valence-electron chi connectivity index (χ4n) is 5.70. The van der Waals surface area contributed by atoms with Gasteiger partial charge < -0.3 is 30.1 Å². The number of carbonyl (C=O) groups excluding carboxylic acids is 1. The zero-order chi connectivity index (χ0) is 23.6. The summed E-state index contributed by atoms with van der Waals surface area (Å²) in [7, 11) is 0. The van der Waals surface area contributed by atoms with Crippen LogP contribution in [0.2, 0.25) is 0 Å². The lowest BCUT2D eigenvalue weighted by Gasteiger charge is -2.44. The SMILES string of the molecule is O=C(OCc1ccccc1)N1CCC(O)(C(O)CN2CCC3(CC2)CNc2ccccc23)CC1. The zero-order valence-corrected chi connectivity index (χ0v) is 19.7. The number of rotatable bonds is 5. The van der Waals surface area contributed by atoms with Gasteiger partial charge in [-0.25, -0.2) is 4.79 Å². The van der Waals surface area contributed by atoms with Gasteiger partial charge in [0.15, 0.2) is 0 Å². The van der Waals surface area contributed by atoms with Gasteiger partial charge in [0.2, 0.25) is 0 Å². The van der Waals surface area contributed by atoms with Crippen LogP contribution in [0.1, 0.15) is 36.8 Å². The highest BCUT2D eigenvalue weighted by molar-refractivity contribution is 5.67. The summed E-state index contributed by atoms with van der Waals surface area (Å²) in [5, 5.41) is 25.6. The molecule has 0 aliphatic carbocycles. The minimum Gasteiger partial charge on any atom is -0.445 e.